The minimum Gasteiger partial charge on any atom is -0.369 e. The number of amides is 2. The molecule has 0 spiro atoms. The molecule has 0 saturated carbocycles. The molecule has 1 aliphatic rings. The third kappa shape index (κ3) is 2.48. The fourth-order valence-electron chi connectivity index (χ4n) is 1.91. The number of primary amides is 1. The summed E-state index contributed by atoms with van der Waals surface area (Å²) in [6.45, 7) is 0.217. The highest BCUT2D eigenvalue weighted by atomic mass is 79.9. The number of hydrogen-bond donors (Lipinski definition) is 1. The van der Waals surface area contributed by atoms with Gasteiger partial charge in [-0.25, -0.2) is 0 Å². The molecule has 2 N–H and O–H groups in total. The van der Waals surface area contributed by atoms with Gasteiger partial charge < -0.3 is 10.6 Å². The number of carbonyl (C=O) groups excluding carboxylic acids is 2. The second kappa shape index (κ2) is 5.07. The summed E-state index contributed by atoms with van der Waals surface area (Å²) in [5, 5.41) is 0.709. The molecule has 7 heteroatoms. The molecule has 1 fully saturated rings. The summed E-state index contributed by atoms with van der Waals surface area (Å²) >= 11 is 15.4. The van der Waals surface area contributed by atoms with Gasteiger partial charge in [0.1, 0.15) is 0 Å². The van der Waals surface area contributed by atoms with Crippen molar-refractivity contribution in [3.63, 3.8) is 0 Å². The average molecular weight is 352 g/mol. The molecule has 0 radical (unpaired) electrons. The van der Waals surface area contributed by atoms with Gasteiger partial charge in [-0.2, -0.15) is 0 Å². The van der Waals surface area contributed by atoms with E-state index in [1.54, 1.807) is 12.1 Å². The van der Waals surface area contributed by atoms with Crippen LogP contribution in [0.25, 0.3) is 0 Å². The second-order valence-electron chi connectivity index (χ2n) is 4.03. The molecule has 18 heavy (non-hydrogen) atoms. The van der Waals surface area contributed by atoms with Crippen LogP contribution in [0.5, 0.6) is 0 Å². The maximum atomic E-state index is 11.9. The largest absolute Gasteiger partial charge is 0.369 e. The molecule has 0 aliphatic carbocycles. The number of benzene rings is 1. The molecule has 2 rings (SSSR count). The quantitative estimate of drug-likeness (QED) is 0.890. The zero-order valence-corrected chi connectivity index (χ0v) is 12.2. The summed E-state index contributed by atoms with van der Waals surface area (Å²) in [7, 11) is 0. The number of hydrogen-bond acceptors (Lipinski definition) is 2. The first-order chi connectivity index (χ1) is 8.40. The summed E-state index contributed by atoms with van der Waals surface area (Å²) in [6, 6.07) is 3.29. The Bertz CT molecular complexity index is 513. The Morgan fingerprint density at radius 3 is 2.39 bits per heavy atom. The first kappa shape index (κ1) is 13.6. The molecule has 96 valence electrons. The average Bonchev–Trinajstić information content (AvgIpc) is 2.59. The molecular formula is C11H9BrCl2N2O2. The lowest BCUT2D eigenvalue weighted by atomic mass is 10.1. The van der Waals surface area contributed by atoms with Crippen molar-refractivity contribution < 1.29 is 9.59 Å². The molecular weight excluding hydrogens is 343 g/mol. The zero-order chi connectivity index (χ0) is 13.4. The van der Waals surface area contributed by atoms with Crippen LogP contribution in [0.4, 0.5) is 5.69 Å². The van der Waals surface area contributed by atoms with Gasteiger partial charge in [0, 0.05) is 17.4 Å². The normalized spacial score (nSPS) is 19.4. The van der Waals surface area contributed by atoms with E-state index in [0.29, 0.717) is 15.7 Å². The van der Waals surface area contributed by atoms with Crippen molar-refractivity contribution in [3.05, 3.63) is 26.7 Å². The van der Waals surface area contributed by atoms with Gasteiger partial charge in [0.25, 0.3) is 0 Å². The standard InChI is InChI=1S/C11H9BrCl2N2O2/c12-6-2-7(13)10(8(14)3-6)16-4-5(11(15)18)1-9(16)17/h2-3,5H,1,4H2,(H2,15,18). The minimum atomic E-state index is -0.492. The SMILES string of the molecule is NC(=O)C1CC(=O)N(c2c(Cl)cc(Br)cc2Cl)C1. The predicted molar refractivity (Wildman–Crippen MR) is 73.8 cm³/mol. The van der Waals surface area contributed by atoms with Gasteiger partial charge in [-0.3, -0.25) is 9.59 Å². The molecule has 1 aromatic rings. The van der Waals surface area contributed by atoms with Crippen LogP contribution in [0.1, 0.15) is 6.42 Å². The second-order valence-corrected chi connectivity index (χ2v) is 5.76. The van der Waals surface area contributed by atoms with Crippen LogP contribution in [0, 0.1) is 5.92 Å². The molecule has 0 aromatic heterocycles. The first-order valence-electron chi connectivity index (χ1n) is 5.14. The molecule has 1 atom stereocenters. The summed E-state index contributed by atoms with van der Waals surface area (Å²) in [4.78, 5) is 24.4. The lowest BCUT2D eigenvalue weighted by molar-refractivity contribution is -0.123. The van der Waals surface area contributed by atoms with Crippen LogP contribution < -0.4 is 10.6 Å². The molecule has 1 aromatic carbocycles. The van der Waals surface area contributed by atoms with Crippen molar-refractivity contribution in [2.75, 3.05) is 11.4 Å². The fourth-order valence-corrected chi connectivity index (χ4v) is 3.32. The van der Waals surface area contributed by atoms with E-state index in [1.807, 2.05) is 0 Å². The van der Waals surface area contributed by atoms with Crippen LogP contribution in [-0.2, 0) is 9.59 Å². The smallest absolute Gasteiger partial charge is 0.227 e. The predicted octanol–water partition coefficient (Wildman–Crippen LogP) is 2.59. The molecule has 1 aliphatic heterocycles. The van der Waals surface area contributed by atoms with Gasteiger partial charge in [-0.15, -0.1) is 0 Å². The highest BCUT2D eigenvalue weighted by Gasteiger charge is 2.35. The number of halogens is 3. The van der Waals surface area contributed by atoms with Crippen molar-refractivity contribution in [2.45, 2.75) is 6.42 Å². The van der Waals surface area contributed by atoms with E-state index in [-0.39, 0.29) is 18.9 Å². The maximum absolute atomic E-state index is 11.9. The minimum absolute atomic E-state index is 0.0953. The summed E-state index contributed by atoms with van der Waals surface area (Å²) in [5.41, 5.74) is 5.64. The highest BCUT2D eigenvalue weighted by Crippen LogP contribution is 2.39. The van der Waals surface area contributed by atoms with Gasteiger partial charge in [0.15, 0.2) is 0 Å². The van der Waals surface area contributed by atoms with Gasteiger partial charge in [-0.1, -0.05) is 39.1 Å². The van der Waals surface area contributed by atoms with E-state index in [9.17, 15) is 9.59 Å². The van der Waals surface area contributed by atoms with E-state index in [0.717, 1.165) is 4.47 Å². The topological polar surface area (TPSA) is 63.4 Å². The van der Waals surface area contributed by atoms with Crippen LogP contribution in [0.15, 0.2) is 16.6 Å². The Morgan fingerprint density at radius 2 is 1.94 bits per heavy atom. The van der Waals surface area contributed by atoms with E-state index in [1.165, 1.54) is 4.90 Å². The van der Waals surface area contributed by atoms with Gasteiger partial charge in [0.05, 0.1) is 21.7 Å². The summed E-state index contributed by atoms with van der Waals surface area (Å²) in [5.74, 6) is -1.19. The van der Waals surface area contributed by atoms with Crippen molar-refractivity contribution >= 4 is 56.6 Å². The van der Waals surface area contributed by atoms with Gasteiger partial charge >= 0.3 is 0 Å². The Balaban J connectivity index is 2.39. The highest BCUT2D eigenvalue weighted by molar-refractivity contribution is 9.10. The summed E-state index contributed by atoms with van der Waals surface area (Å²) in [6.07, 6.45) is 0.0953. The third-order valence-corrected chi connectivity index (χ3v) is 3.81. The van der Waals surface area contributed by atoms with Crippen molar-refractivity contribution in [2.24, 2.45) is 11.7 Å². The van der Waals surface area contributed by atoms with Crippen LogP contribution in [0.3, 0.4) is 0 Å². The number of nitrogens with two attached hydrogens (primary N) is 1. The maximum Gasteiger partial charge on any atom is 0.227 e. The molecule has 1 saturated heterocycles. The van der Waals surface area contributed by atoms with E-state index >= 15 is 0 Å². The molecule has 2 amide bonds. The van der Waals surface area contributed by atoms with Crippen LogP contribution in [-0.4, -0.2) is 18.4 Å². The molecule has 1 unspecified atom stereocenters. The van der Waals surface area contributed by atoms with Crippen molar-refractivity contribution in [1.82, 2.24) is 0 Å². The van der Waals surface area contributed by atoms with E-state index < -0.39 is 11.8 Å². The van der Waals surface area contributed by atoms with Crippen molar-refractivity contribution in [3.8, 4) is 0 Å². The lowest BCUT2D eigenvalue weighted by Gasteiger charge is -2.19. The Hall–Kier alpha value is -0.780. The molecule has 1 heterocycles. The number of anilines is 1. The lowest BCUT2D eigenvalue weighted by Crippen LogP contribution is -2.28. The van der Waals surface area contributed by atoms with E-state index in [4.69, 9.17) is 28.9 Å². The Labute approximate surface area is 122 Å². The van der Waals surface area contributed by atoms with Crippen LogP contribution in [0.2, 0.25) is 10.0 Å². The number of nitrogens with zero attached hydrogens (tertiary/aromatic N) is 1. The summed E-state index contributed by atoms with van der Waals surface area (Å²) < 4.78 is 0.722. The number of carbonyl (C=O) groups is 2. The van der Waals surface area contributed by atoms with E-state index in [2.05, 4.69) is 15.9 Å². The number of rotatable bonds is 2. The fraction of sp³-hybridized carbons (Fsp3) is 0.273. The third-order valence-electron chi connectivity index (χ3n) is 2.78. The Morgan fingerprint density at radius 1 is 1.39 bits per heavy atom. The first-order valence-corrected chi connectivity index (χ1v) is 6.69. The monoisotopic (exact) mass is 350 g/mol. The molecule has 0 bridgehead atoms. The van der Waals surface area contributed by atoms with Crippen molar-refractivity contribution in [1.29, 1.82) is 0 Å². The van der Waals surface area contributed by atoms with Crippen LogP contribution >= 0.6 is 39.1 Å². The zero-order valence-electron chi connectivity index (χ0n) is 9.12. The van der Waals surface area contributed by atoms with Gasteiger partial charge in [0.2, 0.25) is 11.8 Å². The van der Waals surface area contributed by atoms with Gasteiger partial charge in [-0.05, 0) is 12.1 Å². The molecule has 4 nitrogen and oxygen atoms in total. The Kier molecular flexibility index (Phi) is 3.84.